The first-order chi connectivity index (χ1) is 8.89. The summed E-state index contributed by atoms with van der Waals surface area (Å²) in [6, 6.07) is 7.32. The molecule has 0 spiro atoms. The van der Waals surface area contributed by atoms with Gasteiger partial charge in [-0.1, -0.05) is 28.1 Å². The van der Waals surface area contributed by atoms with Crippen LogP contribution in [-0.2, 0) is 10.0 Å². The summed E-state index contributed by atoms with van der Waals surface area (Å²) in [4.78, 5) is 0. The molecule has 1 saturated carbocycles. The fourth-order valence-corrected chi connectivity index (χ4v) is 2.95. The van der Waals surface area contributed by atoms with Gasteiger partial charge in [-0.2, -0.15) is 0 Å². The molecule has 1 aliphatic carbocycles. The van der Waals surface area contributed by atoms with Gasteiger partial charge >= 0.3 is 0 Å². The minimum atomic E-state index is -3.50. The van der Waals surface area contributed by atoms with Crippen molar-refractivity contribution in [2.24, 2.45) is 0 Å². The molecule has 0 amide bonds. The molecule has 0 saturated heterocycles. The first kappa shape index (κ1) is 14.7. The van der Waals surface area contributed by atoms with Crippen LogP contribution in [0.3, 0.4) is 0 Å². The second-order valence-electron chi connectivity index (χ2n) is 4.80. The number of aliphatic hydroxyl groups is 1. The molecule has 19 heavy (non-hydrogen) atoms. The van der Waals surface area contributed by atoms with Crippen molar-refractivity contribution < 1.29 is 13.5 Å². The minimum Gasteiger partial charge on any atom is -0.389 e. The molecule has 6 heteroatoms. The summed E-state index contributed by atoms with van der Waals surface area (Å²) in [7, 11) is -3.50. The van der Waals surface area contributed by atoms with Gasteiger partial charge in [0.2, 0.25) is 10.0 Å². The lowest BCUT2D eigenvalue weighted by Gasteiger charge is -2.36. The Bertz CT molecular complexity index is 562. The molecular weight excluding hydrogens is 330 g/mol. The van der Waals surface area contributed by atoms with Crippen molar-refractivity contribution in [3.63, 3.8) is 0 Å². The molecule has 104 valence electrons. The van der Waals surface area contributed by atoms with Crippen molar-refractivity contribution in [3.05, 3.63) is 39.7 Å². The van der Waals surface area contributed by atoms with E-state index in [1.165, 1.54) is 6.08 Å². The Morgan fingerprint density at radius 2 is 1.95 bits per heavy atom. The summed E-state index contributed by atoms with van der Waals surface area (Å²) in [6.45, 7) is 0.0833. The highest BCUT2D eigenvalue weighted by Gasteiger charge is 2.34. The summed E-state index contributed by atoms with van der Waals surface area (Å²) < 4.78 is 26.8. The van der Waals surface area contributed by atoms with E-state index in [2.05, 4.69) is 20.7 Å². The maximum atomic E-state index is 11.7. The highest BCUT2D eigenvalue weighted by atomic mass is 79.9. The number of hydrogen-bond acceptors (Lipinski definition) is 3. The van der Waals surface area contributed by atoms with Gasteiger partial charge in [-0.15, -0.1) is 0 Å². The molecule has 1 aliphatic rings. The maximum Gasteiger partial charge on any atom is 0.233 e. The maximum absolute atomic E-state index is 11.7. The highest BCUT2D eigenvalue weighted by molar-refractivity contribution is 9.10. The van der Waals surface area contributed by atoms with Crippen LogP contribution in [0.2, 0.25) is 0 Å². The van der Waals surface area contributed by atoms with Gasteiger partial charge in [0.15, 0.2) is 0 Å². The first-order valence-electron chi connectivity index (χ1n) is 6.04. The molecule has 0 heterocycles. The number of rotatable bonds is 5. The van der Waals surface area contributed by atoms with E-state index in [4.69, 9.17) is 0 Å². The molecule has 0 aromatic heterocycles. The molecule has 1 aromatic rings. The van der Waals surface area contributed by atoms with Crippen molar-refractivity contribution in [1.29, 1.82) is 0 Å². The van der Waals surface area contributed by atoms with Crippen molar-refractivity contribution in [2.45, 2.75) is 24.9 Å². The molecule has 1 aromatic carbocycles. The van der Waals surface area contributed by atoms with Crippen LogP contribution in [0.15, 0.2) is 34.1 Å². The van der Waals surface area contributed by atoms with Crippen molar-refractivity contribution in [3.8, 4) is 0 Å². The van der Waals surface area contributed by atoms with E-state index >= 15 is 0 Å². The third-order valence-electron chi connectivity index (χ3n) is 3.20. The highest BCUT2D eigenvalue weighted by Crippen LogP contribution is 2.30. The van der Waals surface area contributed by atoms with Crippen molar-refractivity contribution >= 4 is 32.0 Å². The van der Waals surface area contributed by atoms with E-state index in [0.29, 0.717) is 12.8 Å². The third-order valence-corrected chi connectivity index (χ3v) is 4.77. The molecule has 0 aliphatic heterocycles. The van der Waals surface area contributed by atoms with Gasteiger partial charge in [0.1, 0.15) is 0 Å². The Balaban J connectivity index is 1.94. The monoisotopic (exact) mass is 345 g/mol. The predicted molar refractivity (Wildman–Crippen MR) is 78.9 cm³/mol. The van der Waals surface area contributed by atoms with E-state index in [-0.39, 0.29) is 6.54 Å². The molecule has 0 atom stereocenters. The van der Waals surface area contributed by atoms with Crippen LogP contribution in [-0.4, -0.2) is 25.7 Å². The zero-order valence-corrected chi connectivity index (χ0v) is 12.7. The van der Waals surface area contributed by atoms with Gasteiger partial charge in [0.25, 0.3) is 0 Å². The summed E-state index contributed by atoms with van der Waals surface area (Å²) in [5.41, 5.74) is -0.0469. The average molecular weight is 346 g/mol. The van der Waals surface area contributed by atoms with Crippen LogP contribution >= 0.6 is 15.9 Å². The van der Waals surface area contributed by atoms with Crippen molar-refractivity contribution in [1.82, 2.24) is 4.72 Å². The quantitative estimate of drug-likeness (QED) is 0.860. The van der Waals surface area contributed by atoms with E-state index in [0.717, 1.165) is 21.9 Å². The Kier molecular flexibility index (Phi) is 4.45. The lowest BCUT2D eigenvalue weighted by Crippen LogP contribution is -2.47. The van der Waals surface area contributed by atoms with Gasteiger partial charge < -0.3 is 5.11 Å². The Labute approximate surface area is 121 Å². The fraction of sp³-hybridized carbons (Fsp3) is 0.385. The first-order valence-corrected chi connectivity index (χ1v) is 8.38. The predicted octanol–water partition coefficient (Wildman–Crippen LogP) is 2.25. The smallest absolute Gasteiger partial charge is 0.233 e. The second-order valence-corrected chi connectivity index (χ2v) is 7.36. The molecular formula is C13H16BrNO3S. The standard InChI is InChI=1S/C13H16BrNO3S/c14-12-4-2-11(3-5-12)6-9-19(17,18)15-10-13(16)7-1-8-13/h2-6,9,15-16H,1,7-8,10H2/b9-6+. The molecule has 0 unspecified atom stereocenters. The summed E-state index contributed by atoms with van der Waals surface area (Å²) in [6.07, 6.45) is 3.80. The topological polar surface area (TPSA) is 66.4 Å². The number of nitrogens with one attached hydrogen (secondary N) is 1. The Morgan fingerprint density at radius 1 is 1.32 bits per heavy atom. The number of benzene rings is 1. The van der Waals surface area contributed by atoms with Gasteiger partial charge in [-0.25, -0.2) is 13.1 Å². The summed E-state index contributed by atoms with van der Waals surface area (Å²) in [5, 5.41) is 11.0. The summed E-state index contributed by atoms with van der Waals surface area (Å²) >= 11 is 3.31. The van der Waals surface area contributed by atoms with Crippen LogP contribution in [0.1, 0.15) is 24.8 Å². The Hall–Kier alpha value is -0.690. The molecule has 0 radical (unpaired) electrons. The van der Waals surface area contributed by atoms with Crippen LogP contribution in [0.4, 0.5) is 0 Å². The second kappa shape index (κ2) is 5.75. The zero-order chi connectivity index (χ0) is 13.9. The van der Waals surface area contributed by atoms with Crippen LogP contribution in [0.5, 0.6) is 0 Å². The van der Waals surface area contributed by atoms with E-state index in [1.807, 2.05) is 24.3 Å². The van der Waals surface area contributed by atoms with Crippen LogP contribution in [0.25, 0.3) is 6.08 Å². The minimum absolute atomic E-state index is 0.0833. The fourth-order valence-electron chi connectivity index (χ4n) is 1.79. The number of halogens is 1. The lowest BCUT2D eigenvalue weighted by molar-refractivity contribution is -0.0270. The third kappa shape index (κ3) is 4.42. The normalized spacial score (nSPS) is 18.4. The SMILES string of the molecule is O=S(=O)(/C=C/c1ccc(Br)cc1)NCC1(O)CCC1. The van der Waals surface area contributed by atoms with Gasteiger partial charge in [0.05, 0.1) is 5.60 Å². The van der Waals surface area contributed by atoms with Crippen LogP contribution in [0, 0.1) is 0 Å². The van der Waals surface area contributed by atoms with Crippen molar-refractivity contribution in [2.75, 3.05) is 6.54 Å². The molecule has 2 N–H and O–H groups in total. The summed E-state index contributed by atoms with van der Waals surface area (Å²) in [5.74, 6) is 0. The van der Waals surface area contributed by atoms with Gasteiger partial charge in [-0.05, 0) is 43.0 Å². The number of sulfonamides is 1. The van der Waals surface area contributed by atoms with E-state index < -0.39 is 15.6 Å². The van der Waals surface area contributed by atoms with E-state index in [1.54, 1.807) is 0 Å². The average Bonchev–Trinajstić information content (AvgIpc) is 2.34. The molecule has 1 fully saturated rings. The zero-order valence-electron chi connectivity index (χ0n) is 10.3. The van der Waals surface area contributed by atoms with E-state index in [9.17, 15) is 13.5 Å². The molecule has 4 nitrogen and oxygen atoms in total. The largest absolute Gasteiger partial charge is 0.389 e. The molecule has 0 bridgehead atoms. The van der Waals surface area contributed by atoms with Crippen LogP contribution < -0.4 is 4.72 Å². The van der Waals surface area contributed by atoms with Gasteiger partial charge in [0, 0.05) is 16.4 Å². The molecule has 2 rings (SSSR count). The Morgan fingerprint density at radius 3 is 2.47 bits per heavy atom. The van der Waals surface area contributed by atoms with Gasteiger partial charge in [-0.3, -0.25) is 0 Å². The lowest BCUT2D eigenvalue weighted by atomic mass is 9.81. The number of hydrogen-bond donors (Lipinski definition) is 2.